The zero-order chi connectivity index (χ0) is 12.3. The molecule has 1 amide bonds. The number of nitrogens with two attached hydrogens (primary N) is 1. The molecule has 0 saturated heterocycles. The molecule has 1 aliphatic carbocycles. The Hall–Kier alpha value is -1.42. The zero-order valence-corrected chi connectivity index (χ0v) is 9.71. The molecule has 0 aromatic heterocycles. The normalized spacial score (nSPS) is 18.2. The van der Waals surface area contributed by atoms with Crippen LogP contribution in [0.15, 0.2) is 24.3 Å². The third-order valence-corrected chi connectivity index (χ3v) is 3.47. The minimum absolute atomic E-state index is 0.251. The molecular formula is C13H17FN2O. The van der Waals surface area contributed by atoms with Gasteiger partial charge in [0, 0.05) is 6.54 Å². The largest absolute Gasteiger partial charge is 0.368 e. The van der Waals surface area contributed by atoms with E-state index in [1.165, 1.54) is 12.1 Å². The molecule has 4 heteroatoms. The number of carbonyl (C=O) groups excluding carboxylic acids is 1. The van der Waals surface area contributed by atoms with E-state index in [1.54, 1.807) is 12.1 Å². The second kappa shape index (κ2) is 4.84. The van der Waals surface area contributed by atoms with Gasteiger partial charge in [-0.05, 0) is 30.5 Å². The van der Waals surface area contributed by atoms with E-state index in [0.717, 1.165) is 31.2 Å². The van der Waals surface area contributed by atoms with Gasteiger partial charge in [0.25, 0.3) is 0 Å². The fourth-order valence-electron chi connectivity index (χ4n) is 2.36. The summed E-state index contributed by atoms with van der Waals surface area (Å²) in [6.45, 7) is 0.545. The second-order valence-corrected chi connectivity index (χ2v) is 4.63. The summed E-state index contributed by atoms with van der Waals surface area (Å²) in [7, 11) is 0. The lowest BCUT2D eigenvalue weighted by atomic mass is 9.96. The number of halogens is 1. The maximum atomic E-state index is 12.7. The molecule has 1 fully saturated rings. The average molecular weight is 236 g/mol. The van der Waals surface area contributed by atoms with Crippen LogP contribution in [0.3, 0.4) is 0 Å². The zero-order valence-electron chi connectivity index (χ0n) is 9.71. The SMILES string of the molecule is NC(=O)C1(NCc2ccc(F)cc2)CCCC1. The third-order valence-electron chi connectivity index (χ3n) is 3.47. The Morgan fingerprint density at radius 1 is 1.29 bits per heavy atom. The number of hydrogen-bond acceptors (Lipinski definition) is 2. The second-order valence-electron chi connectivity index (χ2n) is 4.63. The fourth-order valence-corrected chi connectivity index (χ4v) is 2.36. The summed E-state index contributed by atoms with van der Waals surface area (Å²) in [4.78, 5) is 11.5. The van der Waals surface area contributed by atoms with Crippen LogP contribution in [0, 0.1) is 5.82 Å². The average Bonchev–Trinajstić information content (AvgIpc) is 2.78. The summed E-state index contributed by atoms with van der Waals surface area (Å²) >= 11 is 0. The van der Waals surface area contributed by atoms with Crippen LogP contribution in [0.1, 0.15) is 31.2 Å². The lowest BCUT2D eigenvalue weighted by Gasteiger charge is -2.26. The molecule has 0 spiro atoms. The molecule has 17 heavy (non-hydrogen) atoms. The Morgan fingerprint density at radius 3 is 2.41 bits per heavy atom. The van der Waals surface area contributed by atoms with Gasteiger partial charge in [-0.1, -0.05) is 25.0 Å². The molecule has 0 bridgehead atoms. The van der Waals surface area contributed by atoms with Crippen molar-refractivity contribution < 1.29 is 9.18 Å². The van der Waals surface area contributed by atoms with Crippen LogP contribution < -0.4 is 11.1 Å². The molecule has 92 valence electrons. The number of rotatable bonds is 4. The van der Waals surface area contributed by atoms with Gasteiger partial charge in [0.05, 0.1) is 5.54 Å². The van der Waals surface area contributed by atoms with Gasteiger partial charge in [-0.25, -0.2) is 4.39 Å². The lowest BCUT2D eigenvalue weighted by Crippen LogP contribution is -2.53. The molecule has 0 atom stereocenters. The molecule has 0 unspecified atom stereocenters. The molecule has 0 radical (unpaired) electrons. The lowest BCUT2D eigenvalue weighted by molar-refractivity contribution is -0.124. The molecule has 1 aromatic rings. The summed E-state index contributed by atoms with van der Waals surface area (Å²) in [5, 5.41) is 3.23. The van der Waals surface area contributed by atoms with Crippen molar-refractivity contribution in [2.45, 2.75) is 37.8 Å². The van der Waals surface area contributed by atoms with Crippen LogP contribution in [0.5, 0.6) is 0 Å². The molecule has 0 aliphatic heterocycles. The minimum Gasteiger partial charge on any atom is -0.368 e. The van der Waals surface area contributed by atoms with Crippen LogP contribution in [-0.4, -0.2) is 11.4 Å². The van der Waals surface area contributed by atoms with Crippen LogP contribution in [0.25, 0.3) is 0 Å². The molecule has 1 aromatic carbocycles. The Balaban J connectivity index is 2.00. The molecular weight excluding hydrogens is 219 g/mol. The third kappa shape index (κ3) is 2.64. The van der Waals surface area contributed by atoms with Crippen molar-refractivity contribution in [1.29, 1.82) is 0 Å². The fraction of sp³-hybridized carbons (Fsp3) is 0.462. The van der Waals surface area contributed by atoms with E-state index in [4.69, 9.17) is 5.73 Å². The Kier molecular flexibility index (Phi) is 3.43. The summed E-state index contributed by atoms with van der Waals surface area (Å²) in [5.41, 5.74) is 5.86. The molecule has 1 aliphatic rings. The molecule has 3 N–H and O–H groups in total. The number of amides is 1. The van der Waals surface area contributed by atoms with Crippen molar-refractivity contribution in [2.24, 2.45) is 5.73 Å². The molecule has 1 saturated carbocycles. The number of nitrogens with one attached hydrogen (secondary N) is 1. The van der Waals surface area contributed by atoms with E-state index in [1.807, 2.05) is 0 Å². The summed E-state index contributed by atoms with van der Waals surface area (Å²) in [6, 6.07) is 6.27. The van der Waals surface area contributed by atoms with Gasteiger partial charge in [-0.3, -0.25) is 10.1 Å². The summed E-state index contributed by atoms with van der Waals surface area (Å²) < 4.78 is 12.7. The predicted molar refractivity (Wildman–Crippen MR) is 63.6 cm³/mol. The maximum Gasteiger partial charge on any atom is 0.237 e. The van der Waals surface area contributed by atoms with E-state index in [-0.39, 0.29) is 11.7 Å². The number of hydrogen-bond donors (Lipinski definition) is 2. The number of carbonyl (C=O) groups is 1. The molecule has 0 heterocycles. The van der Waals surface area contributed by atoms with E-state index in [2.05, 4.69) is 5.32 Å². The minimum atomic E-state index is -0.561. The van der Waals surface area contributed by atoms with Gasteiger partial charge >= 0.3 is 0 Å². The van der Waals surface area contributed by atoms with Gasteiger partial charge in [0.1, 0.15) is 5.82 Å². The first-order chi connectivity index (χ1) is 8.12. The first-order valence-corrected chi connectivity index (χ1v) is 5.92. The Morgan fingerprint density at radius 2 is 1.88 bits per heavy atom. The Bertz CT molecular complexity index is 396. The standard InChI is InChI=1S/C13H17FN2O/c14-11-5-3-10(4-6-11)9-16-13(12(15)17)7-1-2-8-13/h3-6,16H,1-2,7-9H2,(H2,15,17). The first-order valence-electron chi connectivity index (χ1n) is 5.92. The van der Waals surface area contributed by atoms with Gasteiger partial charge < -0.3 is 5.73 Å². The quantitative estimate of drug-likeness (QED) is 0.836. The van der Waals surface area contributed by atoms with Crippen LogP contribution in [-0.2, 0) is 11.3 Å². The van der Waals surface area contributed by atoms with Gasteiger partial charge in [-0.2, -0.15) is 0 Å². The van der Waals surface area contributed by atoms with Crippen molar-refractivity contribution in [3.63, 3.8) is 0 Å². The highest BCUT2D eigenvalue weighted by Crippen LogP contribution is 2.29. The Labute approximate surface area is 100 Å². The van der Waals surface area contributed by atoms with E-state index in [9.17, 15) is 9.18 Å². The van der Waals surface area contributed by atoms with Crippen molar-refractivity contribution >= 4 is 5.91 Å². The monoisotopic (exact) mass is 236 g/mol. The van der Waals surface area contributed by atoms with Crippen LogP contribution in [0.2, 0.25) is 0 Å². The summed E-state index contributed by atoms with van der Waals surface area (Å²) in [5.74, 6) is -0.531. The van der Waals surface area contributed by atoms with Gasteiger partial charge in [0.2, 0.25) is 5.91 Å². The number of benzene rings is 1. The van der Waals surface area contributed by atoms with Crippen molar-refractivity contribution in [1.82, 2.24) is 5.32 Å². The van der Waals surface area contributed by atoms with Crippen LogP contribution in [0.4, 0.5) is 4.39 Å². The molecule has 2 rings (SSSR count). The maximum absolute atomic E-state index is 12.7. The van der Waals surface area contributed by atoms with Crippen molar-refractivity contribution in [3.05, 3.63) is 35.6 Å². The summed E-state index contributed by atoms with van der Waals surface area (Å²) in [6.07, 6.45) is 3.64. The first kappa shape index (κ1) is 12.0. The van der Waals surface area contributed by atoms with Crippen LogP contribution >= 0.6 is 0 Å². The highest BCUT2D eigenvalue weighted by Gasteiger charge is 2.38. The predicted octanol–water partition coefficient (Wildman–Crippen LogP) is 1.71. The highest BCUT2D eigenvalue weighted by molar-refractivity contribution is 5.85. The van der Waals surface area contributed by atoms with E-state index in [0.29, 0.717) is 6.54 Å². The van der Waals surface area contributed by atoms with Crippen molar-refractivity contribution in [3.8, 4) is 0 Å². The van der Waals surface area contributed by atoms with E-state index >= 15 is 0 Å². The van der Waals surface area contributed by atoms with Crippen molar-refractivity contribution in [2.75, 3.05) is 0 Å². The molecule has 3 nitrogen and oxygen atoms in total. The number of primary amides is 1. The van der Waals surface area contributed by atoms with E-state index < -0.39 is 5.54 Å². The van der Waals surface area contributed by atoms with Gasteiger partial charge in [0.15, 0.2) is 0 Å². The highest BCUT2D eigenvalue weighted by atomic mass is 19.1. The smallest absolute Gasteiger partial charge is 0.237 e. The van der Waals surface area contributed by atoms with Gasteiger partial charge in [-0.15, -0.1) is 0 Å². The topological polar surface area (TPSA) is 55.1 Å².